The number of halogens is 1. The van der Waals surface area contributed by atoms with Crippen molar-refractivity contribution in [2.45, 2.75) is 0 Å². The van der Waals surface area contributed by atoms with E-state index in [1.165, 1.54) is 12.1 Å². The zero-order chi connectivity index (χ0) is 18.8. The Kier molecular flexibility index (Phi) is 4.48. The van der Waals surface area contributed by atoms with Crippen molar-refractivity contribution in [1.29, 1.82) is 0 Å². The van der Waals surface area contributed by atoms with Crippen molar-refractivity contribution < 1.29 is 13.9 Å². The highest BCUT2D eigenvalue weighted by molar-refractivity contribution is 6.30. The molecule has 0 bridgehead atoms. The summed E-state index contributed by atoms with van der Waals surface area (Å²) < 4.78 is 11.2. The van der Waals surface area contributed by atoms with Gasteiger partial charge in [-0.2, -0.15) is 0 Å². The quantitative estimate of drug-likeness (QED) is 0.358. The van der Waals surface area contributed by atoms with Crippen LogP contribution in [0.15, 0.2) is 88.1 Å². The third-order valence-corrected chi connectivity index (χ3v) is 4.30. The number of benzene rings is 3. The Bertz CT molecular complexity index is 1180. The number of carbonyl (C=O) groups is 1. The first-order chi connectivity index (χ1) is 13.1. The predicted molar refractivity (Wildman–Crippen MR) is 104 cm³/mol. The van der Waals surface area contributed by atoms with E-state index in [1.807, 2.05) is 30.3 Å². The molecule has 0 radical (unpaired) electrons. The maximum atomic E-state index is 12.5. The van der Waals surface area contributed by atoms with Gasteiger partial charge in [-0.05, 0) is 42.5 Å². The minimum atomic E-state index is -0.531. The van der Waals surface area contributed by atoms with Gasteiger partial charge in [0.25, 0.3) is 0 Å². The zero-order valence-corrected chi connectivity index (χ0v) is 14.8. The van der Waals surface area contributed by atoms with E-state index < -0.39 is 5.97 Å². The fourth-order valence-corrected chi connectivity index (χ4v) is 2.82. The number of rotatable bonds is 3. The van der Waals surface area contributed by atoms with Crippen LogP contribution in [-0.4, -0.2) is 5.97 Å². The highest BCUT2D eigenvalue weighted by Gasteiger charge is 2.12. The molecule has 0 spiro atoms. The molecule has 0 amide bonds. The Hall–Kier alpha value is -3.37. The van der Waals surface area contributed by atoms with Gasteiger partial charge in [0.1, 0.15) is 17.1 Å². The molecular weight excluding hydrogens is 364 g/mol. The predicted octanol–water partition coefficient (Wildman–Crippen LogP) is 5.33. The Morgan fingerprint density at radius 2 is 1.63 bits per heavy atom. The van der Waals surface area contributed by atoms with Gasteiger partial charge >= 0.3 is 5.97 Å². The van der Waals surface area contributed by atoms with Gasteiger partial charge in [0.2, 0.25) is 0 Å². The average molecular weight is 377 g/mol. The third-order valence-electron chi connectivity index (χ3n) is 4.05. The van der Waals surface area contributed by atoms with Gasteiger partial charge in [-0.25, -0.2) is 4.79 Å². The second-order valence-corrected chi connectivity index (χ2v) is 6.33. The molecular formula is C22H13ClO4. The third kappa shape index (κ3) is 3.61. The number of carbonyl (C=O) groups excluding carboxylic acids is 1. The summed E-state index contributed by atoms with van der Waals surface area (Å²) in [6.07, 6.45) is 0. The Balaban J connectivity index is 1.66. The molecule has 5 heteroatoms. The molecule has 27 heavy (non-hydrogen) atoms. The van der Waals surface area contributed by atoms with E-state index in [9.17, 15) is 9.59 Å². The average Bonchev–Trinajstić information content (AvgIpc) is 2.69. The Labute approximate surface area is 159 Å². The van der Waals surface area contributed by atoms with Gasteiger partial charge < -0.3 is 9.15 Å². The Morgan fingerprint density at radius 1 is 0.889 bits per heavy atom. The monoisotopic (exact) mass is 376 g/mol. The lowest BCUT2D eigenvalue weighted by Gasteiger charge is -2.07. The first-order valence-corrected chi connectivity index (χ1v) is 8.59. The number of hydrogen-bond donors (Lipinski definition) is 0. The first kappa shape index (κ1) is 17.1. The second kappa shape index (κ2) is 7.09. The van der Waals surface area contributed by atoms with Crippen LogP contribution in [0.25, 0.3) is 22.3 Å². The topological polar surface area (TPSA) is 56.5 Å². The van der Waals surface area contributed by atoms with Crippen LogP contribution in [0, 0.1) is 0 Å². The zero-order valence-electron chi connectivity index (χ0n) is 14.0. The van der Waals surface area contributed by atoms with Crippen LogP contribution in [0.2, 0.25) is 5.02 Å². The van der Waals surface area contributed by atoms with Crippen molar-refractivity contribution in [3.8, 4) is 17.1 Å². The van der Waals surface area contributed by atoms with E-state index in [1.54, 1.807) is 36.4 Å². The highest BCUT2D eigenvalue weighted by atomic mass is 35.5. The summed E-state index contributed by atoms with van der Waals surface area (Å²) in [7, 11) is 0. The number of esters is 1. The second-order valence-electron chi connectivity index (χ2n) is 5.90. The molecule has 1 heterocycles. The van der Waals surface area contributed by atoms with Crippen molar-refractivity contribution in [3.05, 3.63) is 99.7 Å². The molecule has 3 aromatic carbocycles. The van der Waals surface area contributed by atoms with E-state index in [0.29, 0.717) is 27.3 Å². The maximum absolute atomic E-state index is 12.5. The minimum Gasteiger partial charge on any atom is -0.456 e. The van der Waals surface area contributed by atoms with Gasteiger partial charge in [0.05, 0.1) is 10.9 Å². The van der Waals surface area contributed by atoms with Crippen LogP contribution in [0.1, 0.15) is 10.4 Å². The molecule has 0 saturated carbocycles. The summed E-state index contributed by atoms with van der Waals surface area (Å²) in [6.45, 7) is 0. The Morgan fingerprint density at radius 3 is 2.37 bits per heavy atom. The van der Waals surface area contributed by atoms with Crippen LogP contribution in [0.4, 0.5) is 0 Å². The van der Waals surface area contributed by atoms with Crippen molar-refractivity contribution in [2.24, 2.45) is 0 Å². The summed E-state index contributed by atoms with van der Waals surface area (Å²) in [5.74, 6) is 0.220. The smallest absolute Gasteiger partial charge is 0.343 e. The molecule has 0 aliphatic carbocycles. The fraction of sp³-hybridized carbons (Fsp3) is 0. The standard InChI is InChI=1S/C22H13ClO4/c23-16-8-6-15(7-9-16)22(25)26-17-10-11-20-18(12-17)19(24)13-21(27-20)14-4-2-1-3-5-14/h1-13H. The number of ether oxygens (including phenoxy) is 1. The van der Waals surface area contributed by atoms with Gasteiger partial charge in [0.15, 0.2) is 5.43 Å². The molecule has 0 fully saturated rings. The van der Waals surface area contributed by atoms with E-state index in [0.717, 1.165) is 5.56 Å². The largest absolute Gasteiger partial charge is 0.456 e. The molecule has 0 N–H and O–H groups in total. The lowest BCUT2D eigenvalue weighted by atomic mass is 10.1. The van der Waals surface area contributed by atoms with Crippen molar-refractivity contribution in [1.82, 2.24) is 0 Å². The van der Waals surface area contributed by atoms with E-state index in [2.05, 4.69) is 0 Å². The van der Waals surface area contributed by atoms with Gasteiger partial charge in [-0.1, -0.05) is 41.9 Å². The molecule has 1 aromatic heterocycles. The molecule has 132 valence electrons. The number of hydrogen-bond acceptors (Lipinski definition) is 4. The molecule has 0 atom stereocenters. The van der Waals surface area contributed by atoms with E-state index >= 15 is 0 Å². The number of fused-ring (bicyclic) bond motifs is 1. The maximum Gasteiger partial charge on any atom is 0.343 e. The van der Waals surface area contributed by atoms with Crippen LogP contribution in [-0.2, 0) is 0 Å². The summed E-state index contributed by atoms with van der Waals surface area (Å²) >= 11 is 5.82. The molecule has 0 saturated heterocycles. The molecule has 4 nitrogen and oxygen atoms in total. The summed E-state index contributed by atoms with van der Waals surface area (Å²) in [5.41, 5.74) is 1.40. The van der Waals surface area contributed by atoms with E-state index in [-0.39, 0.29) is 11.2 Å². The molecule has 4 rings (SSSR count). The van der Waals surface area contributed by atoms with Crippen molar-refractivity contribution in [2.75, 3.05) is 0 Å². The van der Waals surface area contributed by atoms with Crippen LogP contribution >= 0.6 is 11.6 Å². The van der Waals surface area contributed by atoms with Crippen LogP contribution in [0.5, 0.6) is 5.75 Å². The van der Waals surface area contributed by atoms with Gasteiger partial charge in [-0.15, -0.1) is 0 Å². The first-order valence-electron chi connectivity index (χ1n) is 8.21. The van der Waals surface area contributed by atoms with Gasteiger partial charge in [-0.3, -0.25) is 4.79 Å². The fourth-order valence-electron chi connectivity index (χ4n) is 2.70. The van der Waals surface area contributed by atoms with E-state index in [4.69, 9.17) is 20.8 Å². The lowest BCUT2D eigenvalue weighted by molar-refractivity contribution is 0.0735. The van der Waals surface area contributed by atoms with Gasteiger partial charge in [0, 0.05) is 16.7 Å². The minimum absolute atomic E-state index is 0.209. The summed E-state index contributed by atoms with van der Waals surface area (Å²) in [4.78, 5) is 24.7. The summed E-state index contributed by atoms with van der Waals surface area (Å²) in [5, 5.41) is 0.875. The lowest BCUT2D eigenvalue weighted by Crippen LogP contribution is -2.09. The molecule has 0 aliphatic rings. The van der Waals surface area contributed by atoms with Crippen LogP contribution in [0.3, 0.4) is 0 Å². The van der Waals surface area contributed by atoms with Crippen molar-refractivity contribution >= 4 is 28.5 Å². The SMILES string of the molecule is O=C(Oc1ccc2oc(-c3ccccc3)cc(=O)c2c1)c1ccc(Cl)cc1. The van der Waals surface area contributed by atoms with Crippen LogP contribution < -0.4 is 10.2 Å². The highest BCUT2D eigenvalue weighted by Crippen LogP contribution is 2.25. The molecule has 4 aromatic rings. The molecule has 0 aliphatic heterocycles. The normalized spacial score (nSPS) is 10.7. The summed E-state index contributed by atoms with van der Waals surface area (Å²) in [6, 6.07) is 21.9. The molecule has 0 unspecified atom stereocenters. The van der Waals surface area contributed by atoms with Crippen molar-refractivity contribution in [3.63, 3.8) is 0 Å².